The molecule has 0 amide bonds. The van der Waals surface area contributed by atoms with E-state index in [1.165, 1.54) is 18.5 Å². The van der Waals surface area contributed by atoms with Gasteiger partial charge >= 0.3 is 6.61 Å². The quantitative estimate of drug-likeness (QED) is 0.915. The third-order valence-electron chi connectivity index (χ3n) is 2.20. The number of alkyl halides is 2. The second kappa shape index (κ2) is 6.29. The maximum absolute atomic E-state index is 11.9. The number of nitrogens with zero attached hydrogens (tertiary/aromatic N) is 2. The highest BCUT2D eigenvalue weighted by Crippen LogP contribution is 2.14. The summed E-state index contributed by atoms with van der Waals surface area (Å²) in [6.45, 7) is -2.42. The lowest BCUT2D eigenvalue weighted by Gasteiger charge is -2.06. The van der Waals surface area contributed by atoms with Crippen LogP contribution in [0.15, 0.2) is 36.7 Å². The zero-order chi connectivity index (χ0) is 13.7. The van der Waals surface area contributed by atoms with E-state index in [0.717, 1.165) is 0 Å². The van der Waals surface area contributed by atoms with E-state index < -0.39 is 6.61 Å². The number of nitrogens with one attached hydrogen (secondary N) is 1. The van der Waals surface area contributed by atoms with Gasteiger partial charge < -0.3 is 10.1 Å². The van der Waals surface area contributed by atoms with Gasteiger partial charge in [0, 0.05) is 6.20 Å². The molecule has 1 N–H and O–H groups in total. The molecule has 0 spiro atoms. The molecule has 0 fully saturated rings. The molecule has 2 heterocycles. The van der Waals surface area contributed by atoms with E-state index in [1.54, 1.807) is 18.2 Å². The molecule has 0 aliphatic rings. The molecule has 2 aromatic heterocycles. The monoisotopic (exact) mass is 285 g/mol. The van der Waals surface area contributed by atoms with Crippen molar-refractivity contribution in [3.63, 3.8) is 0 Å². The molecule has 0 aliphatic heterocycles. The first-order valence-electron chi connectivity index (χ1n) is 5.38. The molecule has 0 saturated heterocycles. The standard InChI is InChI=1S/C12H10ClF2N3O/c13-8-1-4-11(17-5-8)18-6-9-2-3-10(7-16-9)19-12(14)15/h1-5,7,12H,6H2,(H,17,18). The molecule has 0 aromatic carbocycles. The highest BCUT2D eigenvalue weighted by molar-refractivity contribution is 6.30. The van der Waals surface area contributed by atoms with E-state index in [0.29, 0.717) is 23.1 Å². The highest BCUT2D eigenvalue weighted by Gasteiger charge is 2.04. The van der Waals surface area contributed by atoms with Crippen LogP contribution in [0.25, 0.3) is 0 Å². The molecule has 0 unspecified atom stereocenters. The Bertz CT molecular complexity index is 520. The van der Waals surface area contributed by atoms with Crippen LogP contribution in [0.1, 0.15) is 5.69 Å². The lowest BCUT2D eigenvalue weighted by Crippen LogP contribution is -2.05. The Morgan fingerprint density at radius 1 is 1.16 bits per heavy atom. The Morgan fingerprint density at radius 2 is 2.00 bits per heavy atom. The second-order valence-corrected chi connectivity index (χ2v) is 4.02. The zero-order valence-electron chi connectivity index (χ0n) is 9.69. The van der Waals surface area contributed by atoms with Crippen molar-refractivity contribution in [2.45, 2.75) is 13.2 Å². The Kier molecular flexibility index (Phi) is 4.46. The number of hydrogen-bond acceptors (Lipinski definition) is 4. The van der Waals surface area contributed by atoms with E-state index in [1.807, 2.05) is 0 Å². The summed E-state index contributed by atoms with van der Waals surface area (Å²) in [6, 6.07) is 6.48. The lowest BCUT2D eigenvalue weighted by atomic mass is 10.3. The fourth-order valence-corrected chi connectivity index (χ4v) is 1.46. The first-order valence-corrected chi connectivity index (χ1v) is 5.76. The van der Waals surface area contributed by atoms with E-state index >= 15 is 0 Å². The van der Waals surface area contributed by atoms with Gasteiger partial charge in [0.15, 0.2) is 0 Å². The fourth-order valence-electron chi connectivity index (χ4n) is 1.35. The predicted molar refractivity (Wildman–Crippen MR) is 67.4 cm³/mol. The number of hydrogen-bond donors (Lipinski definition) is 1. The Balaban J connectivity index is 1.91. The molecule has 7 heteroatoms. The van der Waals surface area contributed by atoms with Crippen LogP contribution in [0.5, 0.6) is 5.75 Å². The molecular formula is C12H10ClF2N3O. The van der Waals surface area contributed by atoms with Crippen LogP contribution >= 0.6 is 11.6 Å². The van der Waals surface area contributed by atoms with E-state index in [9.17, 15) is 8.78 Å². The largest absolute Gasteiger partial charge is 0.433 e. The molecule has 0 radical (unpaired) electrons. The van der Waals surface area contributed by atoms with Gasteiger partial charge in [-0.05, 0) is 24.3 Å². The maximum Gasteiger partial charge on any atom is 0.387 e. The van der Waals surface area contributed by atoms with Crippen LogP contribution in [0, 0.1) is 0 Å². The molecule has 4 nitrogen and oxygen atoms in total. The number of halogens is 3. The zero-order valence-corrected chi connectivity index (χ0v) is 10.4. The van der Waals surface area contributed by atoms with Crippen molar-refractivity contribution in [1.82, 2.24) is 9.97 Å². The average Bonchev–Trinajstić information content (AvgIpc) is 2.39. The van der Waals surface area contributed by atoms with E-state index in [2.05, 4.69) is 20.0 Å². The van der Waals surface area contributed by atoms with Crippen LogP contribution in [-0.4, -0.2) is 16.6 Å². The van der Waals surface area contributed by atoms with Gasteiger partial charge in [0.2, 0.25) is 0 Å². The summed E-state index contributed by atoms with van der Waals surface area (Å²) in [5.41, 5.74) is 0.679. The maximum atomic E-state index is 11.9. The SMILES string of the molecule is FC(F)Oc1ccc(CNc2ccc(Cl)cn2)nc1. The minimum Gasteiger partial charge on any atom is -0.433 e. The van der Waals surface area contributed by atoms with Gasteiger partial charge in [0.1, 0.15) is 11.6 Å². The van der Waals surface area contributed by atoms with E-state index in [-0.39, 0.29) is 5.75 Å². The van der Waals surface area contributed by atoms with Gasteiger partial charge in [-0.25, -0.2) is 4.98 Å². The van der Waals surface area contributed by atoms with Crippen LogP contribution in [-0.2, 0) is 6.54 Å². The first kappa shape index (κ1) is 13.5. The van der Waals surface area contributed by atoms with Crippen molar-refractivity contribution in [1.29, 1.82) is 0 Å². The molecule has 0 bridgehead atoms. The van der Waals surface area contributed by atoms with Crippen molar-refractivity contribution in [2.24, 2.45) is 0 Å². The van der Waals surface area contributed by atoms with Crippen molar-refractivity contribution in [3.8, 4) is 5.75 Å². The Hall–Kier alpha value is -1.95. The normalized spacial score (nSPS) is 10.5. The van der Waals surface area contributed by atoms with Gasteiger partial charge in [-0.1, -0.05) is 11.6 Å². The summed E-state index contributed by atoms with van der Waals surface area (Å²) in [4.78, 5) is 8.05. The van der Waals surface area contributed by atoms with Gasteiger partial charge in [-0.15, -0.1) is 0 Å². The molecule has 2 rings (SSSR count). The smallest absolute Gasteiger partial charge is 0.387 e. The molecule has 2 aromatic rings. The lowest BCUT2D eigenvalue weighted by molar-refractivity contribution is -0.0500. The number of rotatable bonds is 5. The van der Waals surface area contributed by atoms with Crippen LogP contribution in [0.4, 0.5) is 14.6 Å². The van der Waals surface area contributed by atoms with Crippen molar-refractivity contribution < 1.29 is 13.5 Å². The third-order valence-corrected chi connectivity index (χ3v) is 2.42. The van der Waals surface area contributed by atoms with Gasteiger partial charge in [0.25, 0.3) is 0 Å². The summed E-state index contributed by atoms with van der Waals surface area (Å²) in [7, 11) is 0. The van der Waals surface area contributed by atoms with Gasteiger partial charge in [-0.2, -0.15) is 8.78 Å². The Morgan fingerprint density at radius 3 is 2.58 bits per heavy atom. The summed E-state index contributed by atoms with van der Waals surface area (Å²) in [6.07, 6.45) is 2.77. The van der Waals surface area contributed by atoms with Gasteiger partial charge in [0.05, 0.1) is 23.5 Å². The Labute approximate surface area is 113 Å². The second-order valence-electron chi connectivity index (χ2n) is 3.58. The molecule has 19 heavy (non-hydrogen) atoms. The van der Waals surface area contributed by atoms with E-state index in [4.69, 9.17) is 11.6 Å². The fraction of sp³-hybridized carbons (Fsp3) is 0.167. The number of anilines is 1. The number of ether oxygens (including phenoxy) is 1. The third kappa shape index (κ3) is 4.33. The summed E-state index contributed by atoms with van der Waals surface area (Å²) in [5, 5.41) is 3.58. The van der Waals surface area contributed by atoms with Crippen LogP contribution in [0.3, 0.4) is 0 Å². The van der Waals surface area contributed by atoms with Crippen molar-refractivity contribution >= 4 is 17.4 Å². The molecule has 100 valence electrons. The summed E-state index contributed by atoms with van der Waals surface area (Å²) in [5.74, 6) is 0.683. The van der Waals surface area contributed by atoms with Crippen molar-refractivity contribution in [3.05, 3.63) is 47.4 Å². The number of pyridine rings is 2. The predicted octanol–water partition coefficient (Wildman–Crippen LogP) is 3.34. The van der Waals surface area contributed by atoms with Crippen LogP contribution in [0.2, 0.25) is 5.02 Å². The van der Waals surface area contributed by atoms with Crippen molar-refractivity contribution in [2.75, 3.05) is 5.32 Å². The van der Waals surface area contributed by atoms with Crippen LogP contribution < -0.4 is 10.1 Å². The minimum absolute atomic E-state index is 0.0309. The first-order chi connectivity index (χ1) is 9.13. The molecule has 0 aliphatic carbocycles. The average molecular weight is 286 g/mol. The number of aromatic nitrogens is 2. The highest BCUT2D eigenvalue weighted by atomic mass is 35.5. The summed E-state index contributed by atoms with van der Waals surface area (Å²) >= 11 is 5.71. The minimum atomic E-state index is -2.84. The molecule has 0 atom stereocenters. The molecule has 0 saturated carbocycles. The van der Waals surface area contributed by atoms with Gasteiger partial charge in [-0.3, -0.25) is 4.98 Å². The topological polar surface area (TPSA) is 47.0 Å². The molecular weight excluding hydrogens is 276 g/mol. The summed E-state index contributed by atoms with van der Waals surface area (Å²) < 4.78 is 28.1.